The summed E-state index contributed by atoms with van der Waals surface area (Å²) in [5.74, 6) is 1.54. The van der Waals surface area contributed by atoms with Crippen LogP contribution in [0.1, 0.15) is 43.4 Å². The largest absolute Gasteiger partial charge is 0.497 e. The highest BCUT2D eigenvalue weighted by molar-refractivity contribution is 5.83. The van der Waals surface area contributed by atoms with Crippen molar-refractivity contribution in [2.75, 3.05) is 47.6 Å². The predicted octanol–water partition coefficient (Wildman–Crippen LogP) is 4.80. The second-order valence-corrected chi connectivity index (χ2v) is 10.9. The fourth-order valence-electron chi connectivity index (χ4n) is 6.49. The quantitative estimate of drug-likeness (QED) is 0.541. The van der Waals surface area contributed by atoms with Crippen molar-refractivity contribution in [3.63, 3.8) is 0 Å². The molecule has 1 spiro atoms. The molecule has 3 aliphatic heterocycles. The third kappa shape index (κ3) is 4.48. The number of methoxy groups -OCH3 is 3. The number of piperidine rings is 1. The van der Waals surface area contributed by atoms with Crippen LogP contribution in [0, 0.1) is 0 Å². The summed E-state index contributed by atoms with van der Waals surface area (Å²) >= 11 is 0. The van der Waals surface area contributed by atoms with Crippen molar-refractivity contribution in [1.29, 1.82) is 0 Å². The summed E-state index contributed by atoms with van der Waals surface area (Å²) in [6, 6.07) is 14.7. The summed E-state index contributed by atoms with van der Waals surface area (Å²) in [4.78, 5) is 20.6. The summed E-state index contributed by atoms with van der Waals surface area (Å²) in [5.41, 5.74) is 3.94. The number of nitrogens with zero attached hydrogens (tertiary/aromatic N) is 3. The maximum absolute atomic E-state index is 14.1. The van der Waals surface area contributed by atoms with E-state index in [1.54, 1.807) is 21.3 Å². The number of allylic oxidation sites excluding steroid dienone is 1. The standard InChI is InChI=1S/C30H39N3O4/c1-29(2)19-26-30(11-13-31(14-12-30)20-22-9-7-6-8-10-22)33(15-16-35-3)28(34)32(26)21-23-17-24(36-4)18-25(37-5)27(23)29/h6-10,17-19H,11-16,20-21H2,1-5H3. The molecule has 7 heteroatoms. The van der Waals surface area contributed by atoms with Gasteiger partial charge in [-0.15, -0.1) is 0 Å². The normalized spacial score (nSPS) is 20.4. The lowest BCUT2D eigenvalue weighted by atomic mass is 9.77. The number of fused-ring (bicyclic) bond motifs is 3. The van der Waals surface area contributed by atoms with Gasteiger partial charge in [0.15, 0.2) is 0 Å². The van der Waals surface area contributed by atoms with Gasteiger partial charge < -0.3 is 19.1 Å². The molecule has 3 aliphatic rings. The Hall–Kier alpha value is -3.03. The lowest BCUT2D eigenvalue weighted by molar-refractivity contribution is 0.0668. The van der Waals surface area contributed by atoms with Gasteiger partial charge in [-0.05, 0) is 30.0 Å². The zero-order valence-corrected chi connectivity index (χ0v) is 22.8. The summed E-state index contributed by atoms with van der Waals surface area (Å²) in [5, 5.41) is 0. The van der Waals surface area contributed by atoms with Crippen LogP contribution in [-0.2, 0) is 23.2 Å². The minimum absolute atomic E-state index is 0.0604. The predicted molar refractivity (Wildman–Crippen MR) is 144 cm³/mol. The SMILES string of the molecule is COCCN1C(=O)N2Cc3cc(OC)cc(OC)c3C(C)(C)C=C2C12CCN(Cc1ccccc1)CC2. The van der Waals surface area contributed by atoms with E-state index >= 15 is 0 Å². The highest BCUT2D eigenvalue weighted by Gasteiger charge is 2.56. The topological polar surface area (TPSA) is 54.5 Å². The Morgan fingerprint density at radius 2 is 1.70 bits per heavy atom. The highest BCUT2D eigenvalue weighted by Crippen LogP contribution is 2.50. The van der Waals surface area contributed by atoms with Crippen LogP contribution in [0.15, 0.2) is 54.2 Å². The molecule has 0 aliphatic carbocycles. The van der Waals surface area contributed by atoms with Gasteiger partial charge in [-0.25, -0.2) is 4.79 Å². The molecular formula is C30H39N3O4. The number of carbonyl (C=O) groups excluding carboxylic acids is 1. The fraction of sp³-hybridized carbons (Fsp3) is 0.500. The first kappa shape index (κ1) is 25.6. The summed E-state index contributed by atoms with van der Waals surface area (Å²) in [6.07, 6.45) is 4.11. The molecule has 0 radical (unpaired) electrons. The van der Waals surface area contributed by atoms with Crippen LogP contribution in [0.3, 0.4) is 0 Å². The summed E-state index contributed by atoms with van der Waals surface area (Å²) < 4.78 is 16.9. The first-order chi connectivity index (χ1) is 17.8. The van der Waals surface area contributed by atoms with Crippen molar-refractivity contribution < 1.29 is 19.0 Å². The van der Waals surface area contributed by atoms with Gasteiger partial charge >= 0.3 is 6.03 Å². The molecule has 2 aromatic carbocycles. The Balaban J connectivity index is 1.53. The van der Waals surface area contributed by atoms with E-state index in [0.717, 1.165) is 60.8 Å². The number of hydrogen-bond donors (Lipinski definition) is 0. The highest BCUT2D eigenvalue weighted by atomic mass is 16.5. The molecule has 0 N–H and O–H groups in total. The van der Waals surface area contributed by atoms with E-state index in [4.69, 9.17) is 14.2 Å². The Kier molecular flexibility index (Phi) is 6.94. The lowest BCUT2D eigenvalue weighted by Crippen LogP contribution is -2.54. The molecule has 2 aromatic rings. The zero-order chi connectivity index (χ0) is 26.2. The Labute approximate surface area is 220 Å². The fourth-order valence-corrected chi connectivity index (χ4v) is 6.49. The molecule has 2 saturated heterocycles. The van der Waals surface area contributed by atoms with Crippen LogP contribution in [0.2, 0.25) is 0 Å². The number of amides is 2. The molecule has 0 aromatic heterocycles. The molecule has 198 valence electrons. The molecular weight excluding hydrogens is 466 g/mol. The number of ether oxygens (including phenoxy) is 3. The summed E-state index contributed by atoms with van der Waals surface area (Å²) in [6.45, 7) is 8.83. The van der Waals surface area contributed by atoms with Crippen molar-refractivity contribution in [3.8, 4) is 11.5 Å². The molecule has 5 rings (SSSR count). The van der Waals surface area contributed by atoms with E-state index in [0.29, 0.717) is 19.7 Å². The maximum Gasteiger partial charge on any atom is 0.325 e. The average Bonchev–Trinajstić information content (AvgIpc) is 3.01. The van der Waals surface area contributed by atoms with Gasteiger partial charge in [0.2, 0.25) is 0 Å². The molecule has 7 nitrogen and oxygen atoms in total. The second kappa shape index (κ2) is 10.0. The van der Waals surface area contributed by atoms with Crippen molar-refractivity contribution in [3.05, 3.63) is 70.9 Å². The van der Waals surface area contributed by atoms with Crippen LogP contribution in [0.25, 0.3) is 0 Å². The van der Waals surface area contributed by atoms with E-state index in [9.17, 15) is 4.79 Å². The minimum atomic E-state index is -0.348. The molecule has 2 amide bonds. The molecule has 3 heterocycles. The van der Waals surface area contributed by atoms with Gasteiger partial charge in [-0.3, -0.25) is 9.80 Å². The Morgan fingerprint density at radius 1 is 0.973 bits per heavy atom. The zero-order valence-electron chi connectivity index (χ0n) is 22.8. The molecule has 2 fully saturated rings. The smallest absolute Gasteiger partial charge is 0.325 e. The van der Waals surface area contributed by atoms with Crippen LogP contribution in [0.5, 0.6) is 11.5 Å². The number of likely N-dealkylation sites (tertiary alicyclic amines) is 1. The Morgan fingerprint density at radius 3 is 2.35 bits per heavy atom. The van der Waals surface area contributed by atoms with Crippen molar-refractivity contribution >= 4 is 6.03 Å². The van der Waals surface area contributed by atoms with Crippen LogP contribution in [-0.4, -0.2) is 73.8 Å². The first-order valence-corrected chi connectivity index (χ1v) is 13.2. The van der Waals surface area contributed by atoms with E-state index in [-0.39, 0.29) is 17.0 Å². The van der Waals surface area contributed by atoms with E-state index < -0.39 is 0 Å². The first-order valence-electron chi connectivity index (χ1n) is 13.2. The number of urea groups is 1. The average molecular weight is 506 g/mol. The maximum atomic E-state index is 14.1. The number of benzene rings is 2. The van der Waals surface area contributed by atoms with Gasteiger partial charge in [-0.2, -0.15) is 0 Å². The van der Waals surface area contributed by atoms with Gasteiger partial charge in [0.1, 0.15) is 11.5 Å². The number of rotatable bonds is 7. The number of hydrogen-bond acceptors (Lipinski definition) is 5. The van der Waals surface area contributed by atoms with Gasteiger partial charge in [0.25, 0.3) is 0 Å². The molecule has 0 saturated carbocycles. The monoisotopic (exact) mass is 505 g/mol. The van der Waals surface area contributed by atoms with Gasteiger partial charge in [0, 0.05) is 56.0 Å². The molecule has 0 unspecified atom stereocenters. The van der Waals surface area contributed by atoms with Crippen molar-refractivity contribution in [2.45, 2.75) is 50.7 Å². The summed E-state index contributed by atoms with van der Waals surface area (Å²) in [7, 11) is 5.06. The van der Waals surface area contributed by atoms with Crippen LogP contribution in [0.4, 0.5) is 4.79 Å². The van der Waals surface area contributed by atoms with Gasteiger partial charge in [-0.1, -0.05) is 50.3 Å². The second-order valence-electron chi connectivity index (χ2n) is 10.9. The van der Waals surface area contributed by atoms with Gasteiger partial charge in [0.05, 0.1) is 32.9 Å². The molecule has 0 bridgehead atoms. The minimum Gasteiger partial charge on any atom is -0.497 e. The van der Waals surface area contributed by atoms with Crippen molar-refractivity contribution in [2.24, 2.45) is 0 Å². The molecule has 0 atom stereocenters. The third-order valence-corrected chi connectivity index (χ3v) is 8.28. The van der Waals surface area contributed by atoms with E-state index in [1.165, 1.54) is 5.56 Å². The lowest BCUT2D eigenvalue weighted by Gasteiger charge is -2.45. The van der Waals surface area contributed by atoms with Crippen LogP contribution < -0.4 is 9.47 Å². The molecule has 37 heavy (non-hydrogen) atoms. The number of carbonyl (C=O) groups is 1. The van der Waals surface area contributed by atoms with Crippen LogP contribution >= 0.6 is 0 Å². The third-order valence-electron chi connectivity index (χ3n) is 8.28. The Bertz CT molecular complexity index is 1170. The van der Waals surface area contributed by atoms with E-state index in [1.807, 2.05) is 11.0 Å². The van der Waals surface area contributed by atoms with Crippen molar-refractivity contribution in [1.82, 2.24) is 14.7 Å². The van der Waals surface area contributed by atoms with E-state index in [2.05, 4.69) is 66.1 Å².